The molecule has 2 rings (SSSR count). The topological polar surface area (TPSA) is 46.2 Å². The lowest BCUT2D eigenvalue weighted by Gasteiger charge is -2.09. The molecular formula is C10H12FNO. The molecule has 0 unspecified atom stereocenters. The first-order valence-electron chi connectivity index (χ1n) is 4.35. The monoisotopic (exact) mass is 181 g/mol. The third kappa shape index (κ3) is 1.34. The molecular weight excluding hydrogens is 169 g/mol. The van der Waals surface area contributed by atoms with Gasteiger partial charge in [-0.15, -0.1) is 0 Å². The normalized spacial score (nSPS) is 31.8. The molecule has 2 nitrogen and oxygen atoms in total. The van der Waals surface area contributed by atoms with Crippen LogP contribution in [0.4, 0.5) is 4.39 Å². The van der Waals surface area contributed by atoms with E-state index < -0.39 is 5.60 Å². The van der Waals surface area contributed by atoms with Crippen molar-refractivity contribution in [2.45, 2.75) is 12.0 Å². The second-order valence-electron chi connectivity index (χ2n) is 3.57. The summed E-state index contributed by atoms with van der Waals surface area (Å²) < 4.78 is 12.8. The molecule has 0 aliphatic heterocycles. The van der Waals surface area contributed by atoms with E-state index in [1.54, 1.807) is 12.1 Å². The van der Waals surface area contributed by atoms with Gasteiger partial charge in [0, 0.05) is 5.92 Å². The van der Waals surface area contributed by atoms with Gasteiger partial charge in [-0.05, 0) is 30.7 Å². The summed E-state index contributed by atoms with van der Waals surface area (Å²) in [5.74, 6) is -0.220. The Balaban J connectivity index is 2.27. The predicted octanol–water partition coefficient (Wildman–Crippen LogP) is 0.992. The Morgan fingerprint density at radius 1 is 1.62 bits per heavy atom. The lowest BCUT2D eigenvalue weighted by molar-refractivity contribution is 0.132. The molecule has 1 fully saturated rings. The summed E-state index contributed by atoms with van der Waals surface area (Å²) in [5.41, 5.74) is 5.21. The van der Waals surface area contributed by atoms with E-state index in [9.17, 15) is 9.50 Å². The number of hydrogen-bond donors (Lipinski definition) is 2. The molecule has 3 N–H and O–H groups in total. The van der Waals surface area contributed by atoms with Crippen LogP contribution in [0.2, 0.25) is 0 Å². The van der Waals surface area contributed by atoms with Gasteiger partial charge < -0.3 is 10.8 Å². The second kappa shape index (κ2) is 2.79. The molecule has 13 heavy (non-hydrogen) atoms. The van der Waals surface area contributed by atoms with Gasteiger partial charge in [0.25, 0.3) is 0 Å². The van der Waals surface area contributed by atoms with E-state index in [1.165, 1.54) is 12.1 Å². The van der Waals surface area contributed by atoms with Crippen molar-refractivity contribution >= 4 is 0 Å². The Hall–Kier alpha value is -0.930. The van der Waals surface area contributed by atoms with Gasteiger partial charge in [-0.2, -0.15) is 0 Å². The summed E-state index contributed by atoms with van der Waals surface area (Å²) in [5, 5.41) is 9.94. The van der Waals surface area contributed by atoms with E-state index in [0.717, 1.165) is 0 Å². The Kier molecular flexibility index (Phi) is 1.86. The molecule has 0 heterocycles. The van der Waals surface area contributed by atoms with Crippen LogP contribution in [0.3, 0.4) is 0 Å². The van der Waals surface area contributed by atoms with Crippen molar-refractivity contribution in [1.29, 1.82) is 0 Å². The number of hydrogen-bond acceptors (Lipinski definition) is 2. The van der Waals surface area contributed by atoms with E-state index in [0.29, 0.717) is 18.5 Å². The van der Waals surface area contributed by atoms with Gasteiger partial charge in [0.15, 0.2) is 0 Å². The Bertz CT molecular complexity index is 328. The number of aliphatic hydroxyl groups is 1. The number of nitrogens with two attached hydrogens (primary N) is 1. The first kappa shape index (κ1) is 8.66. The van der Waals surface area contributed by atoms with Crippen LogP contribution in [0.1, 0.15) is 12.0 Å². The lowest BCUT2D eigenvalue weighted by Crippen LogP contribution is -2.14. The third-order valence-corrected chi connectivity index (χ3v) is 2.68. The third-order valence-electron chi connectivity index (χ3n) is 2.68. The largest absolute Gasteiger partial charge is 0.385 e. The van der Waals surface area contributed by atoms with E-state index >= 15 is 0 Å². The molecule has 1 aliphatic rings. The van der Waals surface area contributed by atoms with Crippen LogP contribution in [0.5, 0.6) is 0 Å². The van der Waals surface area contributed by atoms with Gasteiger partial charge in [0.2, 0.25) is 0 Å². The highest BCUT2D eigenvalue weighted by molar-refractivity contribution is 5.30. The zero-order valence-electron chi connectivity index (χ0n) is 7.20. The highest BCUT2D eigenvalue weighted by atomic mass is 19.1. The summed E-state index contributed by atoms with van der Waals surface area (Å²) in [6.07, 6.45) is 0.646. The summed E-state index contributed by atoms with van der Waals surface area (Å²) in [4.78, 5) is 0. The molecule has 1 aromatic rings. The van der Waals surface area contributed by atoms with Gasteiger partial charge in [0.1, 0.15) is 5.82 Å². The average Bonchev–Trinajstić information content (AvgIpc) is 2.79. The molecule has 70 valence electrons. The summed E-state index contributed by atoms with van der Waals surface area (Å²) in [6, 6.07) is 6.08. The lowest BCUT2D eigenvalue weighted by atomic mass is 10.1. The Labute approximate surface area is 76.2 Å². The van der Waals surface area contributed by atoms with Crippen LogP contribution in [0.25, 0.3) is 0 Å². The van der Waals surface area contributed by atoms with Crippen LogP contribution in [0.15, 0.2) is 24.3 Å². The summed E-state index contributed by atoms with van der Waals surface area (Å²) in [7, 11) is 0. The van der Waals surface area contributed by atoms with Crippen molar-refractivity contribution in [3.8, 4) is 0 Å². The first-order chi connectivity index (χ1) is 6.16. The fourth-order valence-corrected chi connectivity index (χ4v) is 1.71. The molecule has 0 radical (unpaired) electrons. The molecule has 0 amide bonds. The minimum absolute atomic E-state index is 0.0919. The van der Waals surface area contributed by atoms with Crippen LogP contribution < -0.4 is 5.73 Å². The standard InChI is InChI=1S/C10H12FNO/c11-9-3-1-2-7(4-9)10(13)5-8(10)6-12/h1-4,8,13H,5-6,12H2/t8-,10+/m0/s1. The highest BCUT2D eigenvalue weighted by Gasteiger charge is 2.53. The fourth-order valence-electron chi connectivity index (χ4n) is 1.71. The van der Waals surface area contributed by atoms with Crippen molar-refractivity contribution in [3.63, 3.8) is 0 Å². The zero-order valence-corrected chi connectivity index (χ0v) is 7.20. The van der Waals surface area contributed by atoms with Crippen LogP contribution in [-0.2, 0) is 5.60 Å². The summed E-state index contributed by atoms with van der Waals surface area (Å²) >= 11 is 0. The Morgan fingerprint density at radius 3 is 2.92 bits per heavy atom. The van der Waals surface area contributed by atoms with E-state index in [-0.39, 0.29) is 11.7 Å². The molecule has 1 saturated carbocycles. The summed E-state index contributed by atoms with van der Waals surface area (Å²) in [6.45, 7) is 0.451. The quantitative estimate of drug-likeness (QED) is 0.714. The van der Waals surface area contributed by atoms with Gasteiger partial charge in [0.05, 0.1) is 5.60 Å². The van der Waals surface area contributed by atoms with Crippen LogP contribution >= 0.6 is 0 Å². The highest BCUT2D eigenvalue weighted by Crippen LogP contribution is 2.51. The van der Waals surface area contributed by atoms with Gasteiger partial charge in [-0.25, -0.2) is 4.39 Å². The van der Waals surface area contributed by atoms with Gasteiger partial charge in [-0.1, -0.05) is 12.1 Å². The number of rotatable bonds is 2. The molecule has 1 aromatic carbocycles. The average molecular weight is 181 g/mol. The predicted molar refractivity (Wildman–Crippen MR) is 47.5 cm³/mol. The molecule has 2 atom stereocenters. The fraction of sp³-hybridized carbons (Fsp3) is 0.400. The SMILES string of the molecule is NC[C@@H]1C[C@@]1(O)c1cccc(F)c1. The van der Waals surface area contributed by atoms with Crippen molar-refractivity contribution in [1.82, 2.24) is 0 Å². The maximum atomic E-state index is 12.8. The van der Waals surface area contributed by atoms with Crippen molar-refractivity contribution in [3.05, 3.63) is 35.6 Å². The van der Waals surface area contributed by atoms with E-state index in [4.69, 9.17) is 5.73 Å². The van der Waals surface area contributed by atoms with Crippen molar-refractivity contribution in [2.75, 3.05) is 6.54 Å². The molecule has 0 bridgehead atoms. The molecule has 0 saturated heterocycles. The minimum Gasteiger partial charge on any atom is -0.385 e. The van der Waals surface area contributed by atoms with Gasteiger partial charge in [-0.3, -0.25) is 0 Å². The maximum absolute atomic E-state index is 12.8. The maximum Gasteiger partial charge on any atom is 0.123 e. The molecule has 1 aliphatic carbocycles. The van der Waals surface area contributed by atoms with E-state index in [2.05, 4.69) is 0 Å². The Morgan fingerprint density at radius 2 is 2.38 bits per heavy atom. The van der Waals surface area contributed by atoms with Crippen molar-refractivity contribution < 1.29 is 9.50 Å². The van der Waals surface area contributed by atoms with E-state index in [1.807, 2.05) is 0 Å². The van der Waals surface area contributed by atoms with Gasteiger partial charge >= 0.3 is 0 Å². The number of halogens is 1. The van der Waals surface area contributed by atoms with Crippen LogP contribution in [0, 0.1) is 11.7 Å². The second-order valence-corrected chi connectivity index (χ2v) is 3.57. The minimum atomic E-state index is -0.864. The zero-order chi connectivity index (χ0) is 9.47. The number of benzene rings is 1. The van der Waals surface area contributed by atoms with Crippen molar-refractivity contribution in [2.24, 2.45) is 11.7 Å². The molecule has 0 aromatic heterocycles. The molecule has 3 heteroatoms. The smallest absolute Gasteiger partial charge is 0.123 e. The first-order valence-corrected chi connectivity index (χ1v) is 4.35. The molecule has 0 spiro atoms. The van der Waals surface area contributed by atoms with Crippen LogP contribution in [-0.4, -0.2) is 11.7 Å².